The molecule has 1 aromatic heterocycles. The molecule has 9 heteroatoms. The predicted molar refractivity (Wildman–Crippen MR) is 51.1 cm³/mol. The molecule has 0 unspecified atom stereocenters. The van der Waals surface area contributed by atoms with Gasteiger partial charge in [0.05, 0.1) is 16.1 Å². The van der Waals surface area contributed by atoms with Crippen LogP contribution in [0.2, 0.25) is 5.02 Å². The van der Waals surface area contributed by atoms with Crippen LogP contribution in [0.15, 0.2) is 12.1 Å². The van der Waals surface area contributed by atoms with Crippen molar-refractivity contribution in [1.82, 2.24) is 9.97 Å². The Morgan fingerprint density at radius 1 is 1.00 bits per heavy atom. The van der Waals surface area contributed by atoms with Gasteiger partial charge in [0.2, 0.25) is 5.82 Å². The molecular weight excluding hydrogens is 286 g/mol. The smallest absolute Gasteiger partial charge is 0.334 e. The highest BCUT2D eigenvalue weighted by molar-refractivity contribution is 6.35. The van der Waals surface area contributed by atoms with E-state index < -0.39 is 34.3 Å². The first kappa shape index (κ1) is 13.0. The van der Waals surface area contributed by atoms with E-state index in [4.69, 9.17) is 11.6 Å². The van der Waals surface area contributed by atoms with Crippen LogP contribution in [-0.2, 0) is 12.4 Å². The van der Waals surface area contributed by atoms with E-state index in [-0.39, 0.29) is 5.52 Å². The van der Waals surface area contributed by atoms with Gasteiger partial charge in [-0.1, -0.05) is 11.6 Å². The van der Waals surface area contributed by atoms with Crippen LogP contribution in [0.1, 0.15) is 11.4 Å². The van der Waals surface area contributed by atoms with Crippen molar-refractivity contribution < 1.29 is 26.3 Å². The zero-order chi connectivity index (χ0) is 13.7. The number of aromatic amines is 1. The number of halogens is 7. The number of aromatic nitrogens is 2. The largest absolute Gasteiger partial charge is 0.449 e. The van der Waals surface area contributed by atoms with Crippen LogP contribution < -0.4 is 0 Å². The van der Waals surface area contributed by atoms with Crippen LogP contribution in [0.25, 0.3) is 11.0 Å². The van der Waals surface area contributed by atoms with Crippen molar-refractivity contribution >= 4 is 22.6 Å². The van der Waals surface area contributed by atoms with Gasteiger partial charge < -0.3 is 4.98 Å². The molecule has 0 spiro atoms. The maximum absolute atomic E-state index is 12.4. The number of hydrogen-bond donors (Lipinski definition) is 1. The minimum Gasteiger partial charge on any atom is -0.334 e. The number of imidazole rings is 1. The Morgan fingerprint density at radius 2 is 1.61 bits per heavy atom. The first-order chi connectivity index (χ1) is 8.09. The monoisotopic (exact) mass is 288 g/mol. The fourth-order valence-electron chi connectivity index (χ4n) is 1.37. The van der Waals surface area contributed by atoms with Crippen molar-refractivity contribution in [2.45, 2.75) is 12.4 Å². The number of nitrogens with one attached hydrogen (secondary N) is 1. The van der Waals surface area contributed by atoms with E-state index in [1.807, 2.05) is 0 Å². The Labute approximate surface area is 101 Å². The molecule has 0 amide bonds. The van der Waals surface area contributed by atoms with E-state index >= 15 is 0 Å². The summed E-state index contributed by atoms with van der Waals surface area (Å²) in [4.78, 5) is 4.90. The maximum Gasteiger partial charge on any atom is 0.449 e. The zero-order valence-electron chi connectivity index (χ0n) is 8.25. The molecule has 0 saturated carbocycles. The van der Waals surface area contributed by atoms with Crippen molar-refractivity contribution in [2.24, 2.45) is 0 Å². The summed E-state index contributed by atoms with van der Waals surface area (Å²) in [5.74, 6) is -1.39. The molecule has 2 nitrogen and oxygen atoms in total. The lowest BCUT2D eigenvalue weighted by Gasteiger charge is -2.06. The minimum atomic E-state index is -4.78. The third kappa shape index (κ3) is 2.24. The molecule has 0 atom stereocenters. The van der Waals surface area contributed by atoms with E-state index in [2.05, 4.69) is 4.98 Å². The average molecular weight is 289 g/mol. The lowest BCUT2D eigenvalue weighted by Crippen LogP contribution is -2.06. The summed E-state index contributed by atoms with van der Waals surface area (Å²) in [6, 6.07) is 1.06. The van der Waals surface area contributed by atoms with Gasteiger partial charge in [-0.05, 0) is 12.1 Å². The van der Waals surface area contributed by atoms with E-state index in [0.717, 1.165) is 0 Å². The number of alkyl halides is 6. The molecule has 98 valence electrons. The number of nitrogens with zero attached hydrogens (tertiary/aromatic N) is 1. The van der Waals surface area contributed by atoms with Gasteiger partial charge in [0.25, 0.3) is 0 Å². The second-order valence-corrected chi connectivity index (χ2v) is 3.84. The summed E-state index contributed by atoms with van der Waals surface area (Å²) >= 11 is 5.48. The zero-order valence-corrected chi connectivity index (χ0v) is 9.00. The fraction of sp³-hybridized carbons (Fsp3) is 0.222. The highest BCUT2D eigenvalue weighted by Gasteiger charge is 2.36. The molecule has 2 rings (SSSR count). The molecule has 2 aromatic rings. The maximum atomic E-state index is 12.4. The van der Waals surface area contributed by atoms with Crippen LogP contribution in [0.5, 0.6) is 0 Å². The van der Waals surface area contributed by atoms with Crippen LogP contribution in [0.3, 0.4) is 0 Å². The summed E-state index contributed by atoms with van der Waals surface area (Å²) in [7, 11) is 0. The molecule has 1 heterocycles. The molecular formula is C9H3ClF6N2. The Bertz CT molecular complexity index is 597. The molecule has 0 aliphatic heterocycles. The number of rotatable bonds is 0. The summed E-state index contributed by atoms with van der Waals surface area (Å²) in [5.41, 5.74) is -1.91. The molecule has 0 radical (unpaired) electrons. The van der Waals surface area contributed by atoms with E-state index in [1.54, 1.807) is 4.98 Å². The third-order valence-corrected chi connectivity index (χ3v) is 2.42. The van der Waals surface area contributed by atoms with Gasteiger partial charge in [0.1, 0.15) is 5.52 Å². The molecule has 0 aliphatic carbocycles. The third-order valence-electron chi connectivity index (χ3n) is 2.14. The Hall–Kier alpha value is -1.44. The van der Waals surface area contributed by atoms with Crippen LogP contribution in [0.4, 0.5) is 26.3 Å². The summed E-state index contributed by atoms with van der Waals surface area (Å²) in [6.07, 6.45) is -9.47. The normalized spacial score (nSPS) is 13.3. The summed E-state index contributed by atoms with van der Waals surface area (Å²) in [5, 5.41) is -0.494. The predicted octanol–water partition coefficient (Wildman–Crippen LogP) is 4.25. The molecule has 0 saturated heterocycles. The number of H-pyrrole nitrogens is 1. The van der Waals surface area contributed by atoms with Gasteiger partial charge in [-0.3, -0.25) is 0 Å². The van der Waals surface area contributed by atoms with E-state index in [1.165, 1.54) is 0 Å². The summed E-state index contributed by atoms with van der Waals surface area (Å²) in [6.45, 7) is 0. The first-order valence-corrected chi connectivity index (χ1v) is 4.80. The van der Waals surface area contributed by atoms with E-state index in [9.17, 15) is 26.3 Å². The van der Waals surface area contributed by atoms with Crippen LogP contribution in [0, 0.1) is 0 Å². The van der Waals surface area contributed by atoms with Gasteiger partial charge in [0.15, 0.2) is 0 Å². The molecule has 0 bridgehead atoms. The van der Waals surface area contributed by atoms with Crippen molar-refractivity contribution in [1.29, 1.82) is 0 Å². The van der Waals surface area contributed by atoms with E-state index in [0.29, 0.717) is 12.1 Å². The van der Waals surface area contributed by atoms with Crippen LogP contribution >= 0.6 is 11.6 Å². The number of hydrogen-bond acceptors (Lipinski definition) is 1. The van der Waals surface area contributed by atoms with Gasteiger partial charge in [-0.15, -0.1) is 0 Å². The summed E-state index contributed by atoms with van der Waals surface area (Å²) < 4.78 is 74.3. The highest BCUT2D eigenvalue weighted by Crippen LogP contribution is 2.36. The first-order valence-electron chi connectivity index (χ1n) is 4.42. The minimum absolute atomic E-state index is 0.350. The topological polar surface area (TPSA) is 28.7 Å². The van der Waals surface area contributed by atoms with Crippen molar-refractivity contribution in [2.75, 3.05) is 0 Å². The van der Waals surface area contributed by atoms with Crippen molar-refractivity contribution in [3.05, 3.63) is 28.5 Å². The molecule has 0 aliphatic rings. The SMILES string of the molecule is FC(F)(F)c1cc(Cl)c2nc(C(F)(F)F)[nH]c2c1. The van der Waals surface area contributed by atoms with Gasteiger partial charge in [-0.2, -0.15) is 26.3 Å². The molecule has 1 N–H and O–H groups in total. The fourth-order valence-corrected chi connectivity index (χ4v) is 1.63. The molecule has 0 fully saturated rings. The quantitative estimate of drug-likeness (QED) is 0.721. The van der Waals surface area contributed by atoms with Gasteiger partial charge in [0, 0.05) is 0 Å². The molecule has 1 aromatic carbocycles. The second kappa shape index (κ2) is 3.78. The van der Waals surface area contributed by atoms with Crippen molar-refractivity contribution in [3.63, 3.8) is 0 Å². The lowest BCUT2D eigenvalue weighted by molar-refractivity contribution is -0.144. The lowest BCUT2D eigenvalue weighted by atomic mass is 10.2. The van der Waals surface area contributed by atoms with Gasteiger partial charge in [-0.25, -0.2) is 4.98 Å². The van der Waals surface area contributed by atoms with Crippen molar-refractivity contribution in [3.8, 4) is 0 Å². The number of benzene rings is 1. The number of fused-ring (bicyclic) bond motifs is 1. The highest BCUT2D eigenvalue weighted by atomic mass is 35.5. The van der Waals surface area contributed by atoms with Gasteiger partial charge >= 0.3 is 12.4 Å². The Morgan fingerprint density at radius 3 is 2.11 bits per heavy atom. The van der Waals surface area contributed by atoms with Crippen LogP contribution in [-0.4, -0.2) is 9.97 Å². The molecule has 18 heavy (non-hydrogen) atoms. The standard InChI is InChI=1S/C9H3ClF6N2/c10-4-1-3(8(11,12)13)2-5-6(4)18-7(17-5)9(14,15)16/h1-2H,(H,17,18). The Kier molecular flexibility index (Phi) is 2.73. The Balaban J connectivity index is 2.67. The average Bonchev–Trinajstić information content (AvgIpc) is 2.59. The second-order valence-electron chi connectivity index (χ2n) is 3.44.